The number of para-hydroxylation sites is 1. The number of fused-ring (bicyclic) bond motifs is 2. The van der Waals surface area contributed by atoms with Crippen molar-refractivity contribution < 1.29 is 14.3 Å². The zero-order valence-electron chi connectivity index (χ0n) is 23.0. The molecule has 6 rings (SSSR count). The van der Waals surface area contributed by atoms with Crippen molar-refractivity contribution in [1.82, 2.24) is 9.13 Å². The van der Waals surface area contributed by atoms with E-state index in [0.29, 0.717) is 26.4 Å². The van der Waals surface area contributed by atoms with Crippen LogP contribution in [0.15, 0.2) is 106 Å². The molecule has 2 aromatic heterocycles. The van der Waals surface area contributed by atoms with Crippen LogP contribution in [-0.2, 0) is 16.1 Å². The lowest BCUT2D eigenvalue weighted by atomic mass is 9.96. The van der Waals surface area contributed by atoms with Gasteiger partial charge < -0.3 is 14.0 Å². The first kappa shape index (κ1) is 26.5. The molecule has 0 unspecified atom stereocenters. The van der Waals surface area contributed by atoms with Crippen LogP contribution < -0.4 is 19.6 Å². The summed E-state index contributed by atoms with van der Waals surface area (Å²) in [5.74, 6) is 0.208. The SMILES string of the molecule is CCOC(=O)C1=C(C)N=c2s/c(=C/c3cn(Cc4ccccc4)c4ccccc34)c(=O)n2[C@H]1c1ccc(OC)cc1. The van der Waals surface area contributed by atoms with E-state index in [0.717, 1.165) is 28.6 Å². The molecule has 0 N–H and O–H groups in total. The summed E-state index contributed by atoms with van der Waals surface area (Å²) in [4.78, 5) is 32.5. The summed E-state index contributed by atoms with van der Waals surface area (Å²) < 4.78 is 15.1. The molecule has 1 atom stereocenters. The van der Waals surface area contributed by atoms with Gasteiger partial charge in [0.05, 0.1) is 35.6 Å². The van der Waals surface area contributed by atoms with Gasteiger partial charge in [-0.15, -0.1) is 0 Å². The number of hydrogen-bond acceptors (Lipinski definition) is 6. The minimum atomic E-state index is -0.669. The summed E-state index contributed by atoms with van der Waals surface area (Å²) >= 11 is 1.32. The zero-order chi connectivity index (χ0) is 28.5. The standard InChI is InChI=1S/C33H29N3O4S/c1-4-40-32(38)29-21(2)34-33-36(30(29)23-14-16-25(39-3)17-15-23)31(37)28(41-33)18-24-20-35(19-22-10-6-5-7-11-22)27-13-9-8-12-26(24)27/h5-18,20,30H,4,19H2,1-3H3/b28-18+/t30-/m0/s1. The van der Waals surface area contributed by atoms with Crippen LogP contribution in [0.1, 0.15) is 36.6 Å². The Labute approximate surface area is 240 Å². The summed E-state index contributed by atoms with van der Waals surface area (Å²) in [5.41, 5.74) is 4.70. The molecule has 0 fully saturated rings. The normalized spacial score (nSPS) is 15.1. The van der Waals surface area contributed by atoms with Crippen molar-refractivity contribution >= 4 is 34.3 Å². The third-order valence-corrected chi connectivity index (χ3v) is 8.23. The molecule has 1 aliphatic rings. The third kappa shape index (κ3) is 4.91. The van der Waals surface area contributed by atoms with Crippen LogP contribution in [0.3, 0.4) is 0 Å². The van der Waals surface area contributed by atoms with Gasteiger partial charge >= 0.3 is 5.97 Å². The van der Waals surface area contributed by atoms with Gasteiger partial charge in [0, 0.05) is 29.2 Å². The molecule has 8 heteroatoms. The van der Waals surface area contributed by atoms with E-state index in [4.69, 9.17) is 14.5 Å². The number of nitrogens with zero attached hydrogens (tertiary/aromatic N) is 3. The second-order valence-electron chi connectivity index (χ2n) is 9.79. The van der Waals surface area contributed by atoms with Crippen LogP contribution >= 0.6 is 11.3 Å². The van der Waals surface area contributed by atoms with Gasteiger partial charge in [0.1, 0.15) is 5.75 Å². The molecule has 206 valence electrons. The molecule has 0 spiro atoms. The monoisotopic (exact) mass is 563 g/mol. The molecular weight excluding hydrogens is 534 g/mol. The van der Waals surface area contributed by atoms with E-state index in [-0.39, 0.29) is 12.2 Å². The lowest BCUT2D eigenvalue weighted by Crippen LogP contribution is -2.39. The maximum atomic E-state index is 14.1. The highest BCUT2D eigenvalue weighted by atomic mass is 32.1. The Hall–Kier alpha value is -4.69. The number of rotatable bonds is 7. The Morgan fingerprint density at radius 1 is 1.02 bits per heavy atom. The highest BCUT2D eigenvalue weighted by Gasteiger charge is 2.33. The molecular formula is C33H29N3O4S. The fourth-order valence-electron chi connectivity index (χ4n) is 5.34. The van der Waals surface area contributed by atoms with Gasteiger partial charge in [-0.2, -0.15) is 0 Å². The molecule has 41 heavy (non-hydrogen) atoms. The molecule has 3 heterocycles. The minimum absolute atomic E-state index is 0.205. The lowest BCUT2D eigenvalue weighted by molar-refractivity contribution is -0.139. The second kappa shape index (κ2) is 11.1. The van der Waals surface area contributed by atoms with Gasteiger partial charge in [-0.25, -0.2) is 9.79 Å². The van der Waals surface area contributed by atoms with Crippen molar-refractivity contribution in [3.05, 3.63) is 133 Å². The average molecular weight is 564 g/mol. The molecule has 3 aromatic carbocycles. The van der Waals surface area contributed by atoms with Gasteiger partial charge in [-0.1, -0.05) is 72.0 Å². The highest BCUT2D eigenvalue weighted by Crippen LogP contribution is 2.31. The first-order valence-electron chi connectivity index (χ1n) is 13.4. The average Bonchev–Trinajstić information content (AvgIpc) is 3.49. The number of ether oxygens (including phenoxy) is 2. The molecule has 5 aromatic rings. The van der Waals surface area contributed by atoms with Crippen LogP contribution in [0.4, 0.5) is 0 Å². The van der Waals surface area contributed by atoms with Gasteiger partial charge in [0.25, 0.3) is 5.56 Å². The van der Waals surface area contributed by atoms with Crippen LogP contribution in [0.2, 0.25) is 0 Å². The second-order valence-corrected chi connectivity index (χ2v) is 10.8. The summed E-state index contributed by atoms with van der Waals surface area (Å²) in [6.07, 6.45) is 4.02. The summed E-state index contributed by atoms with van der Waals surface area (Å²) in [5, 5.41) is 1.06. The van der Waals surface area contributed by atoms with Gasteiger partial charge in [-0.3, -0.25) is 9.36 Å². The van der Waals surface area contributed by atoms with Crippen LogP contribution in [-0.4, -0.2) is 28.8 Å². The number of esters is 1. The molecule has 0 aliphatic carbocycles. The maximum Gasteiger partial charge on any atom is 0.338 e. The fourth-order valence-corrected chi connectivity index (χ4v) is 6.37. The van der Waals surface area contributed by atoms with E-state index in [9.17, 15) is 9.59 Å². The summed E-state index contributed by atoms with van der Waals surface area (Å²) in [7, 11) is 1.60. The largest absolute Gasteiger partial charge is 0.497 e. The van der Waals surface area contributed by atoms with Crippen molar-refractivity contribution in [3.63, 3.8) is 0 Å². The first-order chi connectivity index (χ1) is 20.0. The van der Waals surface area contributed by atoms with E-state index in [1.807, 2.05) is 60.7 Å². The van der Waals surface area contributed by atoms with Crippen LogP contribution in [0.5, 0.6) is 5.75 Å². The first-order valence-corrected chi connectivity index (χ1v) is 14.3. The Balaban J connectivity index is 1.51. The topological polar surface area (TPSA) is 74.8 Å². The number of carbonyl (C=O) groups excluding carboxylic acids is 1. The van der Waals surface area contributed by atoms with Crippen molar-refractivity contribution in [2.45, 2.75) is 26.4 Å². The lowest BCUT2D eigenvalue weighted by Gasteiger charge is -2.24. The van der Waals surface area contributed by atoms with E-state index in [1.165, 1.54) is 16.9 Å². The molecule has 0 saturated carbocycles. The Kier molecular flexibility index (Phi) is 7.15. The minimum Gasteiger partial charge on any atom is -0.497 e. The van der Waals surface area contributed by atoms with Crippen molar-refractivity contribution in [2.24, 2.45) is 4.99 Å². The number of hydrogen-bond donors (Lipinski definition) is 0. The maximum absolute atomic E-state index is 14.1. The van der Waals surface area contributed by atoms with Crippen LogP contribution in [0, 0.1) is 0 Å². The number of allylic oxidation sites excluding steroid dienone is 1. The summed E-state index contributed by atoms with van der Waals surface area (Å²) in [6.45, 7) is 4.50. The molecule has 0 saturated heterocycles. The predicted octanol–water partition coefficient (Wildman–Crippen LogP) is 4.81. The van der Waals surface area contributed by atoms with E-state index in [1.54, 1.807) is 25.5 Å². The smallest absolute Gasteiger partial charge is 0.338 e. The fraction of sp³-hybridized carbons (Fsp3) is 0.182. The van der Waals surface area contributed by atoms with Crippen molar-refractivity contribution in [1.29, 1.82) is 0 Å². The molecule has 1 aliphatic heterocycles. The molecule has 7 nitrogen and oxygen atoms in total. The predicted molar refractivity (Wildman–Crippen MR) is 161 cm³/mol. The zero-order valence-corrected chi connectivity index (χ0v) is 23.9. The van der Waals surface area contributed by atoms with Gasteiger partial charge in [-0.05, 0) is 49.2 Å². The third-order valence-electron chi connectivity index (χ3n) is 7.25. The number of carbonyl (C=O) groups is 1. The number of aromatic nitrogens is 2. The Morgan fingerprint density at radius 2 is 1.76 bits per heavy atom. The molecule has 0 radical (unpaired) electrons. The van der Waals surface area contributed by atoms with Gasteiger partial charge in [0.2, 0.25) is 0 Å². The van der Waals surface area contributed by atoms with Crippen LogP contribution in [0.25, 0.3) is 17.0 Å². The quantitative estimate of drug-likeness (QED) is 0.267. The van der Waals surface area contributed by atoms with Gasteiger partial charge in [0.15, 0.2) is 4.80 Å². The summed E-state index contributed by atoms with van der Waals surface area (Å²) in [6, 6.07) is 25.2. The Bertz CT molecular complexity index is 1960. The van der Waals surface area contributed by atoms with E-state index < -0.39 is 12.0 Å². The van der Waals surface area contributed by atoms with E-state index in [2.05, 4.69) is 35.0 Å². The number of methoxy groups -OCH3 is 1. The van der Waals surface area contributed by atoms with Crippen molar-refractivity contribution in [3.8, 4) is 5.75 Å². The molecule has 0 amide bonds. The highest BCUT2D eigenvalue weighted by molar-refractivity contribution is 7.07. The molecule has 0 bridgehead atoms. The number of benzene rings is 3. The van der Waals surface area contributed by atoms with Crippen molar-refractivity contribution in [2.75, 3.05) is 13.7 Å². The number of thiazole rings is 1. The Morgan fingerprint density at radius 3 is 2.49 bits per heavy atom. The van der Waals surface area contributed by atoms with E-state index >= 15 is 0 Å².